The minimum absolute atomic E-state index is 0. The second kappa shape index (κ2) is 12.7. The van der Waals surface area contributed by atoms with E-state index in [0.717, 1.165) is 0 Å². The van der Waals surface area contributed by atoms with E-state index in [4.69, 9.17) is 12.3 Å². The molecule has 0 unspecified atom stereocenters. The van der Waals surface area contributed by atoms with Crippen molar-refractivity contribution < 1.29 is 30.9 Å². The van der Waals surface area contributed by atoms with Crippen LogP contribution in [0.3, 0.4) is 0 Å². The van der Waals surface area contributed by atoms with E-state index in [1.807, 2.05) is 0 Å². The minimum atomic E-state index is -2.05. The van der Waals surface area contributed by atoms with Gasteiger partial charge in [0.2, 0.25) is 0 Å². The van der Waals surface area contributed by atoms with E-state index in [2.05, 4.69) is 65.5 Å². The molecule has 0 N–H and O–H groups in total. The van der Waals surface area contributed by atoms with Crippen LogP contribution >= 0.6 is 0 Å². The molecule has 0 heterocycles. The van der Waals surface area contributed by atoms with Gasteiger partial charge in [-0.1, -0.05) is 29.7 Å². The summed E-state index contributed by atoms with van der Waals surface area (Å²) in [5.74, 6) is 0. The number of hydrogen-bond acceptors (Lipinski definition) is 3. The molecule has 0 bridgehead atoms. The van der Waals surface area contributed by atoms with Gasteiger partial charge in [-0.05, 0) is 65.5 Å². The van der Waals surface area contributed by atoms with Crippen molar-refractivity contribution in [1.82, 2.24) is 0 Å². The van der Waals surface area contributed by atoms with Crippen molar-refractivity contribution in [3.8, 4) is 0 Å². The van der Waals surface area contributed by atoms with E-state index < -0.39 is 33.8 Å². The van der Waals surface area contributed by atoms with Gasteiger partial charge in [0.1, 0.15) is 0 Å². The van der Waals surface area contributed by atoms with Gasteiger partial charge in [-0.25, -0.2) is 0 Å². The molecular weight excluding hydrogens is 379 g/mol. The van der Waals surface area contributed by atoms with Crippen LogP contribution in [0, 0.1) is 0 Å². The molecule has 0 fully saturated rings. The Morgan fingerprint density at radius 3 is 0.727 bits per heavy atom. The zero-order valence-corrected chi connectivity index (χ0v) is 19.1. The maximum atomic E-state index is 6.28. The fourth-order valence-electron chi connectivity index (χ4n) is 2.11. The van der Waals surface area contributed by atoms with E-state index in [0.29, 0.717) is 0 Å². The van der Waals surface area contributed by atoms with Crippen LogP contribution in [0.15, 0.2) is 0 Å². The Kier molecular flexibility index (Phi) is 22.3. The summed E-state index contributed by atoms with van der Waals surface area (Å²) in [7, 11) is -7.18. The Morgan fingerprint density at radius 2 is 0.591 bits per heavy atom. The zero-order valence-electron chi connectivity index (χ0n) is 13.7. The standard InChI is InChI=1S/C10H30O3Si4.4CH4.V/c1-14(2,3)11-16(7,8)13-17(9,10)12-15(4,5)6;;;;;/h1-10H3;4*1H4;. The summed E-state index contributed by atoms with van der Waals surface area (Å²) in [5, 5.41) is 0. The molecule has 0 aromatic heterocycles. The molecule has 0 aliphatic heterocycles. The third-order valence-corrected chi connectivity index (χ3v) is 14.4. The van der Waals surface area contributed by atoms with Gasteiger partial charge in [0.05, 0.1) is 0 Å². The molecule has 0 aliphatic rings. The fourth-order valence-corrected chi connectivity index (χ4v) is 19.7. The van der Waals surface area contributed by atoms with Crippen LogP contribution in [-0.4, -0.2) is 33.8 Å². The third kappa shape index (κ3) is 23.6. The molecule has 141 valence electrons. The van der Waals surface area contributed by atoms with E-state index >= 15 is 0 Å². The third-order valence-electron chi connectivity index (χ3n) is 1.60. The van der Waals surface area contributed by atoms with Gasteiger partial charge < -0.3 is 12.3 Å². The molecular formula is C14H46O3Si4V. The fraction of sp³-hybridized carbons (Fsp3) is 1.00. The first kappa shape index (κ1) is 38.7. The SMILES string of the molecule is C.C.C.C.C[Si](C)(C)O[Si](C)(C)O[Si](C)(C)O[Si](C)(C)C.[V]. The van der Waals surface area contributed by atoms with Crippen LogP contribution in [-0.2, 0) is 30.9 Å². The van der Waals surface area contributed by atoms with E-state index in [9.17, 15) is 0 Å². The molecule has 0 spiro atoms. The summed E-state index contributed by atoms with van der Waals surface area (Å²) in [5.41, 5.74) is 0. The van der Waals surface area contributed by atoms with E-state index in [1.54, 1.807) is 0 Å². The minimum Gasteiger partial charge on any atom is -0.437 e. The van der Waals surface area contributed by atoms with Crippen LogP contribution in [0.1, 0.15) is 29.7 Å². The molecule has 0 aromatic rings. The second-order valence-electron chi connectivity index (χ2n) is 7.33. The van der Waals surface area contributed by atoms with Crippen LogP contribution in [0.5, 0.6) is 0 Å². The van der Waals surface area contributed by atoms with E-state index in [1.165, 1.54) is 0 Å². The Bertz CT molecular complexity index is 236. The first-order valence-corrected chi connectivity index (χ1v) is 18.7. The molecule has 3 nitrogen and oxygen atoms in total. The van der Waals surface area contributed by atoms with Crippen molar-refractivity contribution in [1.29, 1.82) is 0 Å². The first-order valence-electron chi connectivity index (χ1n) is 6.22. The van der Waals surface area contributed by atoms with Crippen molar-refractivity contribution in [2.24, 2.45) is 0 Å². The zero-order chi connectivity index (χ0) is 14.1. The van der Waals surface area contributed by atoms with Crippen LogP contribution in [0.4, 0.5) is 0 Å². The van der Waals surface area contributed by atoms with E-state index in [-0.39, 0.29) is 48.3 Å². The molecule has 0 saturated heterocycles. The van der Waals surface area contributed by atoms with Gasteiger partial charge in [0.15, 0.2) is 16.6 Å². The summed E-state index contributed by atoms with van der Waals surface area (Å²) in [6.45, 7) is 21.8. The Morgan fingerprint density at radius 1 is 0.409 bits per heavy atom. The summed E-state index contributed by atoms with van der Waals surface area (Å²) in [6, 6.07) is 0. The van der Waals surface area contributed by atoms with Crippen LogP contribution in [0.2, 0.25) is 65.5 Å². The van der Waals surface area contributed by atoms with Crippen molar-refractivity contribution in [3.05, 3.63) is 0 Å². The predicted molar refractivity (Wildman–Crippen MR) is 112 cm³/mol. The normalized spacial score (nSPS) is 11.7. The molecule has 0 aliphatic carbocycles. The Hall–Kier alpha value is 1.33. The average molecular weight is 426 g/mol. The van der Waals surface area contributed by atoms with Gasteiger partial charge in [0, 0.05) is 18.6 Å². The Labute approximate surface area is 159 Å². The van der Waals surface area contributed by atoms with Gasteiger partial charge in [-0.3, -0.25) is 0 Å². The number of hydrogen-bond donors (Lipinski definition) is 0. The molecule has 8 heteroatoms. The largest absolute Gasteiger partial charge is 0.437 e. The van der Waals surface area contributed by atoms with Gasteiger partial charge >= 0.3 is 17.1 Å². The Balaban J connectivity index is -0.000000128. The average Bonchev–Trinajstić information content (AvgIpc) is 1.65. The van der Waals surface area contributed by atoms with Crippen molar-refractivity contribution in [2.75, 3.05) is 0 Å². The number of rotatable bonds is 6. The van der Waals surface area contributed by atoms with Gasteiger partial charge in [0.25, 0.3) is 0 Å². The maximum Gasteiger partial charge on any atom is 0.312 e. The molecule has 0 saturated carbocycles. The summed E-state index contributed by atoms with van der Waals surface area (Å²) < 4.78 is 18.7. The van der Waals surface area contributed by atoms with Crippen molar-refractivity contribution >= 4 is 33.8 Å². The first-order chi connectivity index (χ1) is 7.12. The van der Waals surface area contributed by atoms with Gasteiger partial charge in [-0.15, -0.1) is 0 Å². The smallest absolute Gasteiger partial charge is 0.312 e. The molecule has 0 atom stereocenters. The molecule has 22 heavy (non-hydrogen) atoms. The maximum absolute atomic E-state index is 6.28. The quantitative estimate of drug-likeness (QED) is 0.446. The summed E-state index contributed by atoms with van der Waals surface area (Å²) in [6.07, 6.45) is 0. The van der Waals surface area contributed by atoms with Crippen molar-refractivity contribution in [3.63, 3.8) is 0 Å². The summed E-state index contributed by atoms with van der Waals surface area (Å²) in [4.78, 5) is 0. The second-order valence-corrected chi connectivity index (χ2v) is 23.8. The molecule has 0 aromatic carbocycles. The molecule has 0 amide bonds. The topological polar surface area (TPSA) is 27.7 Å². The van der Waals surface area contributed by atoms with Gasteiger partial charge in [-0.2, -0.15) is 0 Å². The van der Waals surface area contributed by atoms with Crippen LogP contribution < -0.4 is 0 Å². The molecule has 1 radical (unpaired) electrons. The van der Waals surface area contributed by atoms with Crippen LogP contribution in [0.25, 0.3) is 0 Å². The monoisotopic (exact) mass is 425 g/mol. The van der Waals surface area contributed by atoms with Crippen molar-refractivity contribution in [2.45, 2.75) is 95.2 Å². The molecule has 0 rings (SSSR count). The predicted octanol–water partition coefficient (Wildman–Crippen LogP) is 6.65. The summed E-state index contributed by atoms with van der Waals surface area (Å²) >= 11 is 0.